The molecular formula is C17H20O3S. The minimum Gasteiger partial charge on any atom is -0.387 e. The first kappa shape index (κ1) is 15.7. The molecule has 0 spiro atoms. The third kappa shape index (κ3) is 3.93. The van der Waals surface area contributed by atoms with Crippen molar-refractivity contribution in [3.05, 3.63) is 64.7 Å². The predicted molar refractivity (Wildman–Crippen MR) is 84.1 cm³/mol. The summed E-state index contributed by atoms with van der Waals surface area (Å²) in [6, 6.07) is 12.3. The van der Waals surface area contributed by atoms with Gasteiger partial charge in [-0.2, -0.15) is 0 Å². The highest BCUT2D eigenvalue weighted by molar-refractivity contribution is 7.91. The Morgan fingerprint density at radius 2 is 1.43 bits per heavy atom. The van der Waals surface area contributed by atoms with Crippen LogP contribution in [0.5, 0.6) is 0 Å². The number of sulfone groups is 1. The van der Waals surface area contributed by atoms with E-state index < -0.39 is 15.9 Å². The molecule has 0 radical (unpaired) electrons. The van der Waals surface area contributed by atoms with Crippen molar-refractivity contribution >= 4 is 9.84 Å². The molecule has 1 N–H and O–H groups in total. The molecule has 112 valence electrons. The summed E-state index contributed by atoms with van der Waals surface area (Å²) in [5, 5.41) is 10.2. The zero-order chi connectivity index (χ0) is 15.6. The Morgan fingerprint density at radius 1 is 0.905 bits per heavy atom. The van der Waals surface area contributed by atoms with Crippen LogP contribution in [0.2, 0.25) is 0 Å². The van der Waals surface area contributed by atoms with Crippen molar-refractivity contribution in [1.82, 2.24) is 0 Å². The summed E-state index contributed by atoms with van der Waals surface area (Å²) in [7, 11) is -3.50. The van der Waals surface area contributed by atoms with E-state index in [1.54, 1.807) is 24.3 Å². The van der Waals surface area contributed by atoms with Crippen LogP contribution in [0, 0.1) is 20.8 Å². The lowest BCUT2D eigenvalue weighted by molar-refractivity contribution is 0.201. The van der Waals surface area contributed by atoms with Crippen molar-refractivity contribution in [2.24, 2.45) is 0 Å². The van der Waals surface area contributed by atoms with Crippen molar-refractivity contribution < 1.29 is 13.5 Å². The van der Waals surface area contributed by atoms with Crippen molar-refractivity contribution in [3.8, 4) is 0 Å². The molecule has 2 aromatic carbocycles. The van der Waals surface area contributed by atoms with Gasteiger partial charge in [-0.3, -0.25) is 0 Å². The fourth-order valence-electron chi connectivity index (χ4n) is 2.35. The Morgan fingerprint density at radius 3 is 1.95 bits per heavy atom. The van der Waals surface area contributed by atoms with Gasteiger partial charge >= 0.3 is 0 Å². The lowest BCUT2D eigenvalue weighted by Gasteiger charge is -2.13. The fraction of sp³-hybridized carbons (Fsp3) is 0.294. The normalized spacial score (nSPS) is 13.1. The summed E-state index contributed by atoms with van der Waals surface area (Å²) in [5.74, 6) is -0.307. The Labute approximate surface area is 126 Å². The third-order valence-electron chi connectivity index (χ3n) is 3.39. The van der Waals surface area contributed by atoms with Crippen LogP contribution in [0.15, 0.2) is 47.4 Å². The Hall–Kier alpha value is -1.65. The first-order valence-electron chi connectivity index (χ1n) is 6.83. The molecule has 0 amide bonds. The van der Waals surface area contributed by atoms with E-state index in [9.17, 15) is 13.5 Å². The summed E-state index contributed by atoms with van der Waals surface area (Å²) < 4.78 is 24.7. The third-order valence-corrected chi connectivity index (χ3v) is 5.13. The Bertz CT molecular complexity index is 711. The van der Waals surface area contributed by atoms with Crippen LogP contribution in [0.1, 0.15) is 28.4 Å². The smallest absolute Gasteiger partial charge is 0.181 e. The monoisotopic (exact) mass is 304 g/mol. The molecule has 0 saturated carbocycles. The van der Waals surface area contributed by atoms with Gasteiger partial charge in [0.15, 0.2) is 9.84 Å². The Balaban J connectivity index is 2.25. The summed E-state index contributed by atoms with van der Waals surface area (Å²) in [4.78, 5) is 0.247. The van der Waals surface area contributed by atoms with Crippen molar-refractivity contribution in [1.29, 1.82) is 0 Å². The molecule has 2 aromatic rings. The van der Waals surface area contributed by atoms with E-state index in [1.165, 1.54) is 0 Å². The molecule has 1 atom stereocenters. The molecular weight excluding hydrogens is 284 g/mol. The molecule has 0 fully saturated rings. The zero-order valence-electron chi connectivity index (χ0n) is 12.5. The molecule has 0 aliphatic rings. The molecule has 2 rings (SSSR count). The number of aliphatic hydroxyl groups excluding tert-OH is 1. The molecule has 3 nitrogen and oxygen atoms in total. The standard InChI is InChI=1S/C17H20O3S/c1-12-4-6-16(7-5-12)21(19,20)11-17(18)15-9-13(2)8-14(3)10-15/h4-10,17-18H,11H2,1-3H3. The van der Waals surface area contributed by atoms with Gasteiger partial charge in [0, 0.05) is 0 Å². The molecule has 1 unspecified atom stereocenters. The molecule has 0 bridgehead atoms. The summed E-state index contributed by atoms with van der Waals surface area (Å²) in [6.45, 7) is 5.76. The van der Waals surface area contributed by atoms with Gasteiger partial charge in [-0.05, 0) is 38.5 Å². The number of hydrogen-bond donors (Lipinski definition) is 1. The minimum atomic E-state index is -3.50. The minimum absolute atomic E-state index is 0.247. The molecule has 21 heavy (non-hydrogen) atoms. The number of rotatable bonds is 4. The van der Waals surface area contributed by atoms with Crippen LogP contribution in [0.25, 0.3) is 0 Å². The largest absolute Gasteiger partial charge is 0.387 e. The second kappa shape index (κ2) is 6.00. The SMILES string of the molecule is Cc1ccc(S(=O)(=O)CC(O)c2cc(C)cc(C)c2)cc1. The van der Waals surface area contributed by atoms with Gasteiger partial charge in [0.05, 0.1) is 16.8 Å². The van der Waals surface area contributed by atoms with Gasteiger partial charge in [-0.25, -0.2) is 8.42 Å². The second-order valence-corrected chi connectivity index (χ2v) is 7.57. The van der Waals surface area contributed by atoms with Crippen LogP contribution in [-0.2, 0) is 9.84 Å². The highest BCUT2D eigenvalue weighted by atomic mass is 32.2. The fourth-order valence-corrected chi connectivity index (χ4v) is 3.70. The van der Waals surface area contributed by atoms with Crippen molar-refractivity contribution in [2.45, 2.75) is 31.8 Å². The van der Waals surface area contributed by atoms with E-state index in [0.29, 0.717) is 5.56 Å². The number of aryl methyl sites for hydroxylation is 3. The lowest BCUT2D eigenvalue weighted by atomic mass is 10.0. The van der Waals surface area contributed by atoms with Crippen LogP contribution in [-0.4, -0.2) is 19.3 Å². The molecule has 0 aromatic heterocycles. The number of benzene rings is 2. The summed E-state index contributed by atoms with van der Waals surface area (Å²) in [5.41, 5.74) is 3.67. The van der Waals surface area contributed by atoms with E-state index >= 15 is 0 Å². The maximum Gasteiger partial charge on any atom is 0.181 e. The quantitative estimate of drug-likeness (QED) is 0.944. The van der Waals surface area contributed by atoms with Crippen LogP contribution < -0.4 is 0 Å². The van der Waals surface area contributed by atoms with Gasteiger partial charge in [-0.1, -0.05) is 47.0 Å². The molecule has 0 heterocycles. The second-order valence-electron chi connectivity index (χ2n) is 5.53. The van der Waals surface area contributed by atoms with Crippen LogP contribution in [0.4, 0.5) is 0 Å². The lowest BCUT2D eigenvalue weighted by Crippen LogP contribution is -2.15. The highest BCUT2D eigenvalue weighted by Crippen LogP contribution is 2.22. The average Bonchev–Trinajstić information content (AvgIpc) is 2.37. The maximum atomic E-state index is 12.3. The molecule has 0 aliphatic heterocycles. The molecule has 0 aliphatic carbocycles. The van der Waals surface area contributed by atoms with Gasteiger partial charge in [-0.15, -0.1) is 0 Å². The van der Waals surface area contributed by atoms with E-state index in [2.05, 4.69) is 0 Å². The van der Waals surface area contributed by atoms with E-state index in [1.807, 2.05) is 39.0 Å². The number of aliphatic hydroxyl groups is 1. The summed E-state index contributed by atoms with van der Waals surface area (Å²) in [6.07, 6.45) is -1.02. The van der Waals surface area contributed by atoms with E-state index in [4.69, 9.17) is 0 Å². The Kier molecular flexibility index (Phi) is 4.49. The van der Waals surface area contributed by atoms with Crippen molar-refractivity contribution in [2.75, 3.05) is 5.75 Å². The van der Waals surface area contributed by atoms with Gasteiger partial charge in [0.1, 0.15) is 0 Å². The first-order valence-corrected chi connectivity index (χ1v) is 8.49. The van der Waals surface area contributed by atoms with E-state index in [0.717, 1.165) is 16.7 Å². The molecule has 4 heteroatoms. The van der Waals surface area contributed by atoms with Gasteiger partial charge in [0.2, 0.25) is 0 Å². The highest BCUT2D eigenvalue weighted by Gasteiger charge is 2.21. The average molecular weight is 304 g/mol. The van der Waals surface area contributed by atoms with Crippen LogP contribution in [0.3, 0.4) is 0 Å². The topological polar surface area (TPSA) is 54.4 Å². The van der Waals surface area contributed by atoms with Crippen molar-refractivity contribution in [3.63, 3.8) is 0 Å². The van der Waals surface area contributed by atoms with E-state index in [-0.39, 0.29) is 10.6 Å². The number of hydrogen-bond acceptors (Lipinski definition) is 3. The predicted octanol–water partition coefficient (Wildman–Crippen LogP) is 3.12. The maximum absolute atomic E-state index is 12.3. The molecule has 0 saturated heterocycles. The van der Waals surface area contributed by atoms with Gasteiger partial charge < -0.3 is 5.11 Å². The van der Waals surface area contributed by atoms with Gasteiger partial charge in [0.25, 0.3) is 0 Å². The van der Waals surface area contributed by atoms with Crippen LogP contribution >= 0.6 is 0 Å². The first-order chi connectivity index (χ1) is 9.78. The summed E-state index contributed by atoms with van der Waals surface area (Å²) >= 11 is 0. The zero-order valence-corrected chi connectivity index (χ0v) is 13.3.